The maximum absolute atomic E-state index is 5.17. The molecule has 5 nitrogen and oxygen atoms in total. The zero-order valence-electron chi connectivity index (χ0n) is 10.8. The second-order valence-corrected chi connectivity index (χ2v) is 5.08. The average Bonchev–Trinajstić information content (AvgIpc) is 2.61. The molecule has 1 atom stereocenters. The zero-order valence-corrected chi connectivity index (χ0v) is 10.8. The van der Waals surface area contributed by atoms with Gasteiger partial charge in [0.2, 0.25) is 0 Å². The fourth-order valence-electron chi connectivity index (χ4n) is 1.20. The number of nitrogens with one attached hydrogen (secondary N) is 1. The summed E-state index contributed by atoms with van der Waals surface area (Å²) in [6.07, 6.45) is 2.11. The summed E-state index contributed by atoms with van der Waals surface area (Å²) in [6.45, 7) is 9.87. The van der Waals surface area contributed by atoms with Crippen LogP contribution in [-0.4, -0.2) is 33.7 Å². The summed E-state index contributed by atoms with van der Waals surface area (Å²) in [5, 5.41) is 11.5. The Kier molecular flexibility index (Phi) is 4.44. The van der Waals surface area contributed by atoms with Crippen LogP contribution in [0, 0.1) is 0 Å². The van der Waals surface area contributed by atoms with Crippen molar-refractivity contribution >= 4 is 0 Å². The van der Waals surface area contributed by atoms with Gasteiger partial charge in [0.1, 0.15) is 0 Å². The van der Waals surface area contributed by atoms with E-state index in [1.807, 2.05) is 17.8 Å². The van der Waals surface area contributed by atoms with Crippen LogP contribution < -0.4 is 5.32 Å². The van der Waals surface area contributed by atoms with E-state index in [0.29, 0.717) is 0 Å². The molecule has 0 saturated heterocycles. The van der Waals surface area contributed by atoms with Crippen molar-refractivity contribution in [3.63, 3.8) is 0 Å². The highest BCUT2D eigenvalue weighted by atomic mass is 16.5. The summed E-state index contributed by atoms with van der Waals surface area (Å²) < 4.78 is 6.99. The Morgan fingerprint density at radius 3 is 2.75 bits per heavy atom. The molecule has 0 aliphatic rings. The maximum atomic E-state index is 5.17. The minimum atomic E-state index is 0.101. The SMILES string of the molecule is COC(C)Cn1cc(CNC(C)(C)C)nn1. The standard InChI is InChI=1S/C11H22N4O/c1-9(16-5)7-15-8-10(13-14-15)6-12-11(2,3)4/h8-9,12H,6-7H2,1-5H3. The molecule has 92 valence electrons. The summed E-state index contributed by atoms with van der Waals surface area (Å²) >= 11 is 0. The van der Waals surface area contributed by atoms with Crippen LogP contribution in [0.5, 0.6) is 0 Å². The molecule has 0 aliphatic heterocycles. The predicted octanol–water partition coefficient (Wildman–Crippen LogP) is 1.20. The van der Waals surface area contributed by atoms with Crippen molar-refractivity contribution in [2.24, 2.45) is 0 Å². The Labute approximate surface area is 97.2 Å². The Balaban J connectivity index is 2.45. The van der Waals surface area contributed by atoms with E-state index < -0.39 is 0 Å². The van der Waals surface area contributed by atoms with E-state index in [4.69, 9.17) is 4.74 Å². The predicted molar refractivity (Wildman–Crippen MR) is 63.1 cm³/mol. The summed E-state index contributed by atoms with van der Waals surface area (Å²) in [7, 11) is 1.70. The second kappa shape index (κ2) is 5.41. The van der Waals surface area contributed by atoms with Crippen molar-refractivity contribution < 1.29 is 4.74 Å². The van der Waals surface area contributed by atoms with Crippen molar-refractivity contribution in [1.82, 2.24) is 20.3 Å². The van der Waals surface area contributed by atoms with Crippen LogP contribution in [0.15, 0.2) is 6.20 Å². The van der Waals surface area contributed by atoms with Crippen LogP contribution in [0.1, 0.15) is 33.4 Å². The maximum Gasteiger partial charge on any atom is 0.0965 e. The Morgan fingerprint density at radius 1 is 1.50 bits per heavy atom. The fraction of sp³-hybridized carbons (Fsp3) is 0.818. The number of hydrogen-bond acceptors (Lipinski definition) is 4. The number of nitrogens with zero attached hydrogens (tertiary/aromatic N) is 3. The summed E-state index contributed by atoms with van der Waals surface area (Å²) in [6, 6.07) is 0. The first-order chi connectivity index (χ1) is 7.40. The summed E-state index contributed by atoms with van der Waals surface area (Å²) in [4.78, 5) is 0. The number of aromatic nitrogens is 3. The number of ether oxygens (including phenoxy) is 1. The molecule has 0 amide bonds. The number of hydrogen-bond donors (Lipinski definition) is 1. The zero-order chi connectivity index (χ0) is 12.2. The first-order valence-electron chi connectivity index (χ1n) is 5.57. The molecular formula is C11H22N4O. The lowest BCUT2D eigenvalue weighted by molar-refractivity contribution is 0.0993. The van der Waals surface area contributed by atoms with Gasteiger partial charge in [-0.25, -0.2) is 4.68 Å². The second-order valence-electron chi connectivity index (χ2n) is 5.08. The molecule has 1 N–H and O–H groups in total. The highest BCUT2D eigenvalue weighted by Crippen LogP contribution is 2.02. The largest absolute Gasteiger partial charge is 0.380 e. The van der Waals surface area contributed by atoms with E-state index >= 15 is 0 Å². The van der Waals surface area contributed by atoms with Crippen LogP contribution in [0.4, 0.5) is 0 Å². The van der Waals surface area contributed by atoms with Gasteiger partial charge in [0.25, 0.3) is 0 Å². The lowest BCUT2D eigenvalue weighted by atomic mass is 10.1. The first-order valence-corrected chi connectivity index (χ1v) is 5.57. The summed E-state index contributed by atoms with van der Waals surface area (Å²) in [5.41, 5.74) is 1.06. The number of rotatable bonds is 5. The molecule has 1 aromatic rings. The van der Waals surface area contributed by atoms with Crippen molar-refractivity contribution in [1.29, 1.82) is 0 Å². The van der Waals surface area contributed by atoms with Crippen molar-refractivity contribution in [2.75, 3.05) is 7.11 Å². The van der Waals surface area contributed by atoms with Gasteiger partial charge in [0.05, 0.1) is 18.3 Å². The highest BCUT2D eigenvalue weighted by molar-refractivity contribution is 4.93. The monoisotopic (exact) mass is 226 g/mol. The minimum Gasteiger partial charge on any atom is -0.380 e. The third-order valence-corrected chi connectivity index (χ3v) is 2.23. The molecule has 1 heterocycles. The molecule has 16 heavy (non-hydrogen) atoms. The van der Waals surface area contributed by atoms with Crippen molar-refractivity contribution in [3.05, 3.63) is 11.9 Å². The van der Waals surface area contributed by atoms with E-state index in [0.717, 1.165) is 18.8 Å². The van der Waals surface area contributed by atoms with Gasteiger partial charge in [0, 0.05) is 25.4 Å². The lowest BCUT2D eigenvalue weighted by Crippen LogP contribution is -2.35. The third kappa shape index (κ3) is 4.72. The minimum absolute atomic E-state index is 0.101. The Bertz CT molecular complexity index is 316. The van der Waals surface area contributed by atoms with Crippen LogP contribution in [0.3, 0.4) is 0 Å². The molecule has 5 heteroatoms. The average molecular weight is 226 g/mol. The van der Waals surface area contributed by atoms with Crippen LogP contribution in [0.2, 0.25) is 0 Å². The molecule has 0 fully saturated rings. The highest BCUT2D eigenvalue weighted by Gasteiger charge is 2.10. The molecule has 1 unspecified atom stereocenters. The molecule has 0 radical (unpaired) electrons. The van der Waals surface area contributed by atoms with E-state index in [9.17, 15) is 0 Å². The van der Waals surface area contributed by atoms with E-state index in [-0.39, 0.29) is 11.6 Å². The molecule has 1 rings (SSSR count). The van der Waals surface area contributed by atoms with E-state index in [2.05, 4.69) is 36.4 Å². The molecule has 0 spiro atoms. The van der Waals surface area contributed by atoms with Gasteiger partial charge in [-0.15, -0.1) is 5.10 Å². The molecule has 0 aliphatic carbocycles. The van der Waals surface area contributed by atoms with Crippen LogP contribution >= 0.6 is 0 Å². The molecule has 0 aromatic carbocycles. The molecule has 0 saturated carbocycles. The lowest BCUT2D eigenvalue weighted by Gasteiger charge is -2.19. The molecule has 0 bridgehead atoms. The topological polar surface area (TPSA) is 52.0 Å². The number of methoxy groups -OCH3 is 1. The smallest absolute Gasteiger partial charge is 0.0965 e. The van der Waals surface area contributed by atoms with E-state index in [1.165, 1.54) is 0 Å². The van der Waals surface area contributed by atoms with Crippen LogP contribution in [-0.2, 0) is 17.8 Å². The van der Waals surface area contributed by atoms with Gasteiger partial charge in [-0.2, -0.15) is 0 Å². The molecular weight excluding hydrogens is 204 g/mol. The van der Waals surface area contributed by atoms with Crippen molar-refractivity contribution in [3.8, 4) is 0 Å². The van der Waals surface area contributed by atoms with Gasteiger partial charge < -0.3 is 10.1 Å². The van der Waals surface area contributed by atoms with Crippen LogP contribution in [0.25, 0.3) is 0 Å². The fourth-order valence-corrected chi connectivity index (χ4v) is 1.20. The van der Waals surface area contributed by atoms with Gasteiger partial charge in [0.15, 0.2) is 0 Å². The first kappa shape index (κ1) is 13.1. The normalized spacial score (nSPS) is 14.1. The third-order valence-electron chi connectivity index (χ3n) is 2.23. The quantitative estimate of drug-likeness (QED) is 0.819. The van der Waals surface area contributed by atoms with Gasteiger partial charge in [-0.05, 0) is 27.7 Å². The Morgan fingerprint density at radius 2 is 2.19 bits per heavy atom. The van der Waals surface area contributed by atoms with E-state index in [1.54, 1.807) is 7.11 Å². The molecule has 1 aromatic heterocycles. The summed E-state index contributed by atoms with van der Waals surface area (Å²) in [5.74, 6) is 0. The van der Waals surface area contributed by atoms with Gasteiger partial charge >= 0.3 is 0 Å². The van der Waals surface area contributed by atoms with Gasteiger partial charge in [-0.1, -0.05) is 5.21 Å². The van der Waals surface area contributed by atoms with Gasteiger partial charge in [-0.3, -0.25) is 0 Å². The Hall–Kier alpha value is -0.940. The van der Waals surface area contributed by atoms with Crippen molar-refractivity contribution in [2.45, 2.75) is 52.4 Å².